The van der Waals surface area contributed by atoms with Crippen molar-refractivity contribution < 1.29 is 52.3 Å². The van der Waals surface area contributed by atoms with Gasteiger partial charge in [0.25, 0.3) is 8.32 Å². The third-order valence-corrected chi connectivity index (χ3v) is 12.4. The van der Waals surface area contributed by atoms with Crippen LogP contribution >= 0.6 is 0 Å². The molecule has 2 rings (SSSR count). The Bertz CT molecular complexity index is 1060. The normalized spacial score (nSPS) is 11.9. The van der Waals surface area contributed by atoms with E-state index >= 15 is 0 Å². The van der Waals surface area contributed by atoms with Gasteiger partial charge >= 0.3 is 11.9 Å². The number of esters is 1. The Balaban J connectivity index is 1.40. The maximum atomic E-state index is 11.5. The number of aliphatic carboxylic acids is 1. The van der Waals surface area contributed by atoms with E-state index in [-0.39, 0.29) is 37.1 Å². The second-order valence-corrected chi connectivity index (χ2v) is 16.3. The van der Waals surface area contributed by atoms with E-state index in [2.05, 4.69) is 69.3 Å². The predicted octanol–water partition coefficient (Wildman–Crippen LogP) is 3.85. The summed E-state index contributed by atoms with van der Waals surface area (Å²) in [7, 11) is -2.55. The minimum atomic E-state index is -2.55. The fourth-order valence-electron chi connectivity index (χ4n) is 5.05. The quantitative estimate of drug-likeness (QED) is 0.0759. The lowest BCUT2D eigenvalue weighted by Crippen LogP contribution is -2.66. The first-order valence-electron chi connectivity index (χ1n) is 16.9. The van der Waals surface area contributed by atoms with Gasteiger partial charge in [0.2, 0.25) is 0 Å². The molecule has 2 aromatic carbocycles. The number of ether oxygens (including phenoxy) is 7. The van der Waals surface area contributed by atoms with Gasteiger partial charge in [-0.25, -0.2) is 0 Å². The standard InChI is InChI=1S/C36H56O11Si/c1-36(2,3)48(32-12-6-4-7-13-32,33-14-8-5-9-15-33)47-31-29-45-27-25-43-23-21-41-19-18-40-20-22-42-24-26-44-28-30-46-35(39)17-11-10-16-34(37)38/h4-9,12-15H,10-11,16-31H2,1-3H3,(H,37,38). The first-order chi connectivity index (χ1) is 23.3. The largest absolute Gasteiger partial charge is 0.481 e. The zero-order valence-corrected chi connectivity index (χ0v) is 30.0. The Hall–Kier alpha value is -2.68. The Morgan fingerprint density at radius 1 is 0.542 bits per heavy atom. The van der Waals surface area contributed by atoms with Crippen LogP contribution in [0.2, 0.25) is 5.04 Å². The van der Waals surface area contributed by atoms with Crippen LogP contribution in [0.3, 0.4) is 0 Å². The minimum absolute atomic E-state index is 0.0618. The minimum Gasteiger partial charge on any atom is -0.481 e. The highest BCUT2D eigenvalue weighted by molar-refractivity contribution is 6.99. The fourth-order valence-corrected chi connectivity index (χ4v) is 9.59. The van der Waals surface area contributed by atoms with Crippen molar-refractivity contribution in [1.82, 2.24) is 0 Å². The van der Waals surface area contributed by atoms with Gasteiger partial charge in [-0.2, -0.15) is 0 Å². The van der Waals surface area contributed by atoms with Crippen molar-refractivity contribution in [2.75, 3.05) is 92.5 Å². The molecule has 270 valence electrons. The average molecular weight is 693 g/mol. The molecule has 0 saturated carbocycles. The Kier molecular flexibility index (Phi) is 21.9. The smallest absolute Gasteiger partial charge is 0.305 e. The lowest BCUT2D eigenvalue weighted by molar-refractivity contribution is -0.146. The van der Waals surface area contributed by atoms with E-state index in [1.807, 2.05) is 12.1 Å². The van der Waals surface area contributed by atoms with Crippen LogP contribution in [0.5, 0.6) is 0 Å². The maximum Gasteiger partial charge on any atom is 0.305 e. The lowest BCUT2D eigenvalue weighted by atomic mass is 10.2. The highest BCUT2D eigenvalue weighted by atomic mass is 28.4. The van der Waals surface area contributed by atoms with Crippen molar-refractivity contribution >= 4 is 30.6 Å². The van der Waals surface area contributed by atoms with E-state index in [1.54, 1.807) is 0 Å². The topological polar surface area (TPSA) is 128 Å². The summed E-state index contributed by atoms with van der Waals surface area (Å²) < 4.78 is 45.1. The molecule has 12 heteroatoms. The van der Waals surface area contributed by atoms with Gasteiger partial charge in [-0.3, -0.25) is 9.59 Å². The SMILES string of the molecule is CC(C)(C)[Si](OCCOCCOCCOCCOCCOCCOCCOC(=O)CCCCC(=O)O)(c1ccccc1)c1ccccc1. The monoisotopic (exact) mass is 692 g/mol. The second-order valence-electron chi connectivity index (χ2n) is 12.0. The van der Waals surface area contributed by atoms with Crippen LogP contribution in [0.25, 0.3) is 0 Å². The summed E-state index contributed by atoms with van der Waals surface area (Å²) >= 11 is 0. The molecule has 0 heterocycles. The molecular weight excluding hydrogens is 636 g/mol. The zero-order valence-electron chi connectivity index (χ0n) is 29.0. The molecule has 11 nitrogen and oxygen atoms in total. The summed E-state index contributed by atoms with van der Waals surface area (Å²) in [6, 6.07) is 21.2. The molecule has 0 aliphatic heterocycles. The number of hydrogen-bond acceptors (Lipinski definition) is 10. The average Bonchev–Trinajstić information content (AvgIpc) is 3.07. The molecule has 0 unspecified atom stereocenters. The number of benzene rings is 2. The summed E-state index contributed by atoms with van der Waals surface area (Å²) in [5, 5.41) is 11.0. The molecular formula is C36H56O11Si. The van der Waals surface area contributed by atoms with Crippen molar-refractivity contribution in [1.29, 1.82) is 0 Å². The first kappa shape index (κ1) is 41.5. The molecule has 0 aromatic heterocycles. The van der Waals surface area contributed by atoms with Gasteiger partial charge in [0, 0.05) is 12.8 Å². The van der Waals surface area contributed by atoms with Crippen LogP contribution in [0.4, 0.5) is 0 Å². The highest BCUT2D eigenvalue weighted by Gasteiger charge is 2.50. The second kappa shape index (κ2) is 25.3. The molecule has 0 bridgehead atoms. The number of rotatable bonds is 29. The Morgan fingerprint density at radius 3 is 1.27 bits per heavy atom. The van der Waals surface area contributed by atoms with Gasteiger partial charge in [0.15, 0.2) is 0 Å². The number of unbranched alkanes of at least 4 members (excludes halogenated alkanes) is 1. The van der Waals surface area contributed by atoms with Gasteiger partial charge in [0.05, 0.1) is 85.9 Å². The van der Waals surface area contributed by atoms with Crippen LogP contribution in [0, 0.1) is 0 Å². The van der Waals surface area contributed by atoms with Gasteiger partial charge in [-0.05, 0) is 28.3 Å². The summed E-state index contributed by atoms with van der Waals surface area (Å²) in [6.45, 7) is 12.8. The number of carbonyl (C=O) groups excluding carboxylic acids is 1. The number of carbonyl (C=O) groups is 2. The first-order valence-corrected chi connectivity index (χ1v) is 18.8. The van der Waals surface area contributed by atoms with Crippen LogP contribution < -0.4 is 10.4 Å². The molecule has 48 heavy (non-hydrogen) atoms. The van der Waals surface area contributed by atoms with Crippen LogP contribution in [0.15, 0.2) is 60.7 Å². The van der Waals surface area contributed by atoms with Crippen molar-refractivity contribution in [2.24, 2.45) is 0 Å². The van der Waals surface area contributed by atoms with Crippen LogP contribution in [-0.2, 0) is 47.2 Å². The van der Waals surface area contributed by atoms with E-state index < -0.39 is 14.3 Å². The van der Waals surface area contributed by atoms with Gasteiger partial charge in [-0.15, -0.1) is 0 Å². The van der Waals surface area contributed by atoms with E-state index in [1.165, 1.54) is 10.4 Å². The maximum absolute atomic E-state index is 11.5. The Labute approximate surface area is 287 Å². The molecule has 0 saturated heterocycles. The third-order valence-electron chi connectivity index (χ3n) is 7.34. The van der Waals surface area contributed by atoms with Crippen molar-refractivity contribution in [2.45, 2.75) is 51.5 Å². The van der Waals surface area contributed by atoms with Gasteiger partial charge in [0.1, 0.15) is 6.61 Å². The third kappa shape index (κ3) is 17.1. The molecule has 0 fully saturated rings. The highest BCUT2D eigenvalue weighted by Crippen LogP contribution is 2.36. The Morgan fingerprint density at radius 2 is 0.896 bits per heavy atom. The van der Waals surface area contributed by atoms with E-state index in [4.69, 9.17) is 42.7 Å². The lowest BCUT2D eigenvalue weighted by Gasteiger charge is -2.43. The summed E-state index contributed by atoms with van der Waals surface area (Å²) in [5.74, 6) is -1.20. The summed E-state index contributed by atoms with van der Waals surface area (Å²) in [6.07, 6.45) is 1.24. The summed E-state index contributed by atoms with van der Waals surface area (Å²) in [4.78, 5) is 21.9. The van der Waals surface area contributed by atoms with Gasteiger partial charge < -0.3 is 42.7 Å². The van der Waals surface area contributed by atoms with Crippen molar-refractivity contribution in [3.8, 4) is 0 Å². The molecule has 2 aromatic rings. The molecule has 1 N–H and O–H groups in total. The van der Waals surface area contributed by atoms with Crippen molar-refractivity contribution in [3.05, 3.63) is 60.7 Å². The van der Waals surface area contributed by atoms with E-state index in [9.17, 15) is 9.59 Å². The van der Waals surface area contributed by atoms with Gasteiger partial charge in [-0.1, -0.05) is 81.4 Å². The predicted molar refractivity (Wildman–Crippen MR) is 186 cm³/mol. The van der Waals surface area contributed by atoms with Crippen molar-refractivity contribution in [3.63, 3.8) is 0 Å². The van der Waals surface area contributed by atoms with Crippen LogP contribution in [-0.4, -0.2) is 118 Å². The number of carboxylic acids is 1. The van der Waals surface area contributed by atoms with E-state index in [0.717, 1.165) is 0 Å². The number of carboxylic acid groups (broad SMARTS) is 1. The molecule has 0 amide bonds. The number of hydrogen-bond donors (Lipinski definition) is 1. The zero-order chi connectivity index (χ0) is 34.8. The summed E-state index contributed by atoms with van der Waals surface area (Å²) in [5.41, 5.74) is 0. The molecule has 0 spiro atoms. The molecule has 0 radical (unpaired) electrons. The molecule has 0 atom stereocenters. The molecule has 0 aliphatic rings. The molecule has 0 aliphatic carbocycles. The van der Waals surface area contributed by atoms with Crippen LogP contribution in [0.1, 0.15) is 46.5 Å². The fraction of sp³-hybridized carbons (Fsp3) is 0.611. The van der Waals surface area contributed by atoms with E-state index in [0.29, 0.717) is 92.1 Å².